The first-order valence-electron chi connectivity index (χ1n) is 7.77. The second kappa shape index (κ2) is 6.93. The van der Waals surface area contributed by atoms with Crippen LogP contribution in [0.15, 0.2) is 30.6 Å². The Hall–Kier alpha value is -1.52. The molecule has 1 aromatic carbocycles. The number of piperidine rings is 1. The Bertz CT molecular complexity index is 714. The molecule has 0 aliphatic carbocycles. The summed E-state index contributed by atoms with van der Waals surface area (Å²) in [6, 6.07) is 5.57. The van der Waals surface area contributed by atoms with Gasteiger partial charge < -0.3 is 9.47 Å². The third-order valence-corrected chi connectivity index (χ3v) is 5.15. The molecular weight excluding hydrogens is 333 g/mol. The fourth-order valence-electron chi connectivity index (χ4n) is 3.16. The third-order valence-electron chi connectivity index (χ3n) is 4.33. The van der Waals surface area contributed by atoms with Crippen molar-refractivity contribution in [3.63, 3.8) is 0 Å². The Kier molecular flexibility index (Phi) is 4.93. The third kappa shape index (κ3) is 3.54. The lowest BCUT2D eigenvalue weighted by Crippen LogP contribution is -2.39. The molecule has 1 aliphatic rings. The molecule has 1 amide bonds. The summed E-state index contributed by atoms with van der Waals surface area (Å²) in [5.41, 5.74) is 0.836. The van der Waals surface area contributed by atoms with E-state index in [0.717, 1.165) is 43.9 Å². The Morgan fingerprint density at radius 1 is 1.39 bits per heavy atom. The average Bonchev–Trinajstić information content (AvgIpc) is 2.98. The van der Waals surface area contributed by atoms with Crippen LogP contribution < -0.4 is 0 Å². The molecule has 0 bridgehead atoms. The van der Waals surface area contributed by atoms with E-state index in [9.17, 15) is 4.79 Å². The zero-order chi connectivity index (χ0) is 16.4. The zero-order valence-corrected chi connectivity index (χ0v) is 14.5. The molecule has 1 aromatic heterocycles. The van der Waals surface area contributed by atoms with Crippen LogP contribution in [-0.2, 0) is 11.3 Å². The van der Waals surface area contributed by atoms with Gasteiger partial charge in [0.1, 0.15) is 5.82 Å². The fourth-order valence-corrected chi connectivity index (χ4v) is 3.54. The van der Waals surface area contributed by atoms with E-state index < -0.39 is 0 Å². The van der Waals surface area contributed by atoms with Gasteiger partial charge in [-0.15, -0.1) is 0 Å². The molecule has 3 rings (SSSR count). The zero-order valence-electron chi connectivity index (χ0n) is 13.0. The molecule has 6 heteroatoms. The molecule has 0 N–H and O–H groups in total. The van der Waals surface area contributed by atoms with Crippen LogP contribution in [0.3, 0.4) is 0 Å². The summed E-state index contributed by atoms with van der Waals surface area (Å²) in [6.07, 6.45) is 5.90. The van der Waals surface area contributed by atoms with E-state index in [2.05, 4.69) is 9.55 Å². The Balaban J connectivity index is 1.81. The van der Waals surface area contributed by atoms with E-state index in [1.54, 1.807) is 19.2 Å². The normalized spacial score (nSPS) is 18.2. The highest BCUT2D eigenvalue weighted by atomic mass is 35.5. The number of likely N-dealkylation sites (tertiary alicyclic amines) is 1. The van der Waals surface area contributed by atoms with Crippen molar-refractivity contribution in [2.75, 3.05) is 13.1 Å². The maximum Gasteiger partial charge on any atom is 0.219 e. The SMILES string of the molecule is CC(=O)N1CCC[C@H](Cn2ccnc2-c2cccc(Cl)c2Cl)C1. The molecule has 0 spiro atoms. The second-order valence-electron chi connectivity index (χ2n) is 5.98. The molecule has 122 valence electrons. The Morgan fingerprint density at radius 3 is 3.00 bits per heavy atom. The monoisotopic (exact) mass is 351 g/mol. The number of imidazole rings is 1. The van der Waals surface area contributed by atoms with Crippen LogP contribution in [0.1, 0.15) is 19.8 Å². The number of amides is 1. The summed E-state index contributed by atoms with van der Waals surface area (Å²) >= 11 is 12.4. The van der Waals surface area contributed by atoms with Crippen LogP contribution in [0, 0.1) is 5.92 Å². The molecule has 1 fully saturated rings. The number of hydrogen-bond acceptors (Lipinski definition) is 2. The number of carbonyl (C=O) groups excluding carboxylic acids is 1. The average molecular weight is 352 g/mol. The van der Waals surface area contributed by atoms with E-state index in [1.807, 2.05) is 23.2 Å². The summed E-state index contributed by atoms with van der Waals surface area (Å²) in [5, 5.41) is 1.05. The van der Waals surface area contributed by atoms with Crippen LogP contribution in [0.5, 0.6) is 0 Å². The minimum Gasteiger partial charge on any atom is -0.343 e. The van der Waals surface area contributed by atoms with Crippen LogP contribution in [0.25, 0.3) is 11.4 Å². The lowest BCUT2D eigenvalue weighted by atomic mass is 9.97. The van der Waals surface area contributed by atoms with E-state index >= 15 is 0 Å². The van der Waals surface area contributed by atoms with Crippen molar-refractivity contribution < 1.29 is 4.79 Å². The van der Waals surface area contributed by atoms with Crippen molar-refractivity contribution in [1.82, 2.24) is 14.5 Å². The van der Waals surface area contributed by atoms with Gasteiger partial charge in [0.2, 0.25) is 5.91 Å². The lowest BCUT2D eigenvalue weighted by molar-refractivity contribution is -0.130. The number of carbonyl (C=O) groups is 1. The van der Waals surface area contributed by atoms with Crippen LogP contribution in [0.2, 0.25) is 10.0 Å². The molecule has 0 radical (unpaired) electrons. The summed E-state index contributed by atoms with van der Waals surface area (Å²) in [4.78, 5) is 18.0. The predicted octanol–water partition coefficient (Wildman–Crippen LogP) is 4.12. The topological polar surface area (TPSA) is 38.1 Å². The standard InChI is InChI=1S/C17H19Cl2N3O/c1-12(23)21-8-3-4-13(10-21)11-22-9-7-20-17(22)14-5-2-6-15(18)16(14)19/h2,5-7,9,13H,3-4,8,10-11H2,1H3/t13-/m0/s1. The van der Waals surface area contributed by atoms with Crippen LogP contribution in [-0.4, -0.2) is 33.4 Å². The highest BCUT2D eigenvalue weighted by Crippen LogP contribution is 2.33. The molecule has 2 heterocycles. The Labute approximate surface area is 146 Å². The second-order valence-corrected chi connectivity index (χ2v) is 6.76. The summed E-state index contributed by atoms with van der Waals surface area (Å²) in [7, 11) is 0. The maximum atomic E-state index is 11.6. The van der Waals surface area contributed by atoms with Crippen molar-refractivity contribution in [2.45, 2.75) is 26.3 Å². The number of aromatic nitrogens is 2. The molecule has 1 aliphatic heterocycles. The number of nitrogens with zero attached hydrogens (tertiary/aromatic N) is 3. The number of rotatable bonds is 3. The van der Waals surface area contributed by atoms with Crippen LogP contribution >= 0.6 is 23.2 Å². The van der Waals surface area contributed by atoms with Gasteiger partial charge in [0.25, 0.3) is 0 Å². The predicted molar refractivity (Wildman–Crippen MR) is 92.7 cm³/mol. The van der Waals surface area contributed by atoms with E-state index in [4.69, 9.17) is 23.2 Å². The summed E-state index contributed by atoms with van der Waals surface area (Å²) in [5.74, 6) is 1.40. The summed E-state index contributed by atoms with van der Waals surface area (Å²) < 4.78 is 2.10. The van der Waals surface area contributed by atoms with Gasteiger partial charge in [0.15, 0.2) is 0 Å². The van der Waals surface area contributed by atoms with Gasteiger partial charge in [-0.25, -0.2) is 4.98 Å². The molecule has 2 aromatic rings. The molecule has 23 heavy (non-hydrogen) atoms. The largest absolute Gasteiger partial charge is 0.343 e. The van der Waals surface area contributed by atoms with Gasteiger partial charge in [0, 0.05) is 44.5 Å². The maximum absolute atomic E-state index is 11.6. The Morgan fingerprint density at radius 2 is 2.22 bits per heavy atom. The van der Waals surface area contributed by atoms with Gasteiger partial charge in [-0.2, -0.15) is 0 Å². The first-order chi connectivity index (χ1) is 11.1. The highest BCUT2D eigenvalue weighted by Gasteiger charge is 2.23. The molecular formula is C17H19Cl2N3O. The minimum atomic E-state index is 0.151. The first-order valence-corrected chi connectivity index (χ1v) is 8.53. The van der Waals surface area contributed by atoms with Crippen molar-refractivity contribution in [3.8, 4) is 11.4 Å². The van der Waals surface area contributed by atoms with E-state index in [0.29, 0.717) is 16.0 Å². The molecule has 0 unspecified atom stereocenters. The number of hydrogen-bond donors (Lipinski definition) is 0. The minimum absolute atomic E-state index is 0.151. The van der Waals surface area contributed by atoms with Crippen LogP contribution in [0.4, 0.5) is 0 Å². The van der Waals surface area contributed by atoms with Crippen molar-refractivity contribution in [1.29, 1.82) is 0 Å². The van der Waals surface area contributed by atoms with Gasteiger partial charge in [-0.3, -0.25) is 4.79 Å². The number of benzene rings is 1. The van der Waals surface area contributed by atoms with E-state index in [1.165, 1.54) is 0 Å². The summed E-state index contributed by atoms with van der Waals surface area (Å²) in [6.45, 7) is 4.12. The fraction of sp³-hybridized carbons (Fsp3) is 0.412. The molecule has 1 atom stereocenters. The van der Waals surface area contributed by atoms with Gasteiger partial charge in [-0.05, 0) is 30.9 Å². The number of halogens is 2. The van der Waals surface area contributed by atoms with Crippen molar-refractivity contribution in [3.05, 3.63) is 40.6 Å². The van der Waals surface area contributed by atoms with Crippen molar-refractivity contribution in [2.24, 2.45) is 5.92 Å². The van der Waals surface area contributed by atoms with Gasteiger partial charge in [0.05, 0.1) is 10.0 Å². The molecule has 0 saturated carbocycles. The van der Waals surface area contributed by atoms with Gasteiger partial charge >= 0.3 is 0 Å². The quantitative estimate of drug-likeness (QED) is 0.834. The van der Waals surface area contributed by atoms with Gasteiger partial charge in [-0.1, -0.05) is 29.3 Å². The lowest BCUT2D eigenvalue weighted by Gasteiger charge is -2.32. The van der Waals surface area contributed by atoms with E-state index in [-0.39, 0.29) is 5.91 Å². The smallest absolute Gasteiger partial charge is 0.219 e. The first kappa shape index (κ1) is 16.3. The molecule has 1 saturated heterocycles. The van der Waals surface area contributed by atoms with Crippen molar-refractivity contribution >= 4 is 29.1 Å². The highest BCUT2D eigenvalue weighted by molar-refractivity contribution is 6.43. The molecule has 4 nitrogen and oxygen atoms in total.